The van der Waals surface area contributed by atoms with Crippen LogP contribution in [0.4, 0.5) is 17.1 Å². The highest BCUT2D eigenvalue weighted by Gasteiger charge is 2.27. The molecule has 10 aromatic carbocycles. The molecule has 0 amide bonds. The van der Waals surface area contributed by atoms with Crippen LogP contribution in [0.15, 0.2) is 182 Å². The molecule has 348 valence electrons. The molecule has 2 heteroatoms. The van der Waals surface area contributed by atoms with E-state index in [1.165, 1.54) is 104 Å². The molecule has 0 saturated heterocycles. The maximum absolute atomic E-state index is 2.53. The summed E-state index contributed by atoms with van der Waals surface area (Å²) in [5.74, 6) is 0. The zero-order valence-corrected chi connectivity index (χ0v) is 43.2. The number of aromatic nitrogens is 1. The summed E-state index contributed by atoms with van der Waals surface area (Å²) in [6.07, 6.45) is 0. The van der Waals surface area contributed by atoms with E-state index in [-0.39, 0.29) is 21.7 Å². The molecular weight excluding hydrogens is 845 g/mol. The minimum absolute atomic E-state index is 0.0194. The second kappa shape index (κ2) is 16.2. The third kappa shape index (κ3) is 7.73. The summed E-state index contributed by atoms with van der Waals surface area (Å²) in [5.41, 5.74) is 17.2. The zero-order chi connectivity index (χ0) is 49.1. The lowest BCUT2D eigenvalue weighted by molar-refractivity contribution is 0.590. The van der Waals surface area contributed by atoms with Crippen LogP contribution in [0.3, 0.4) is 0 Å². The van der Waals surface area contributed by atoms with Crippen molar-refractivity contribution in [2.75, 3.05) is 4.90 Å². The Morgan fingerprint density at radius 1 is 0.329 bits per heavy atom. The smallest absolute Gasteiger partial charge is 0.0541 e. The summed E-state index contributed by atoms with van der Waals surface area (Å²) in [6.45, 7) is 27.7. The second-order valence-electron chi connectivity index (χ2n) is 24.0. The summed E-state index contributed by atoms with van der Waals surface area (Å²) in [4.78, 5) is 2.53. The Bertz CT molecular complexity index is 3710. The predicted octanol–water partition coefficient (Wildman–Crippen LogP) is 19.7. The molecule has 0 saturated carbocycles. The first-order valence-corrected chi connectivity index (χ1v) is 25.3. The summed E-state index contributed by atoms with van der Waals surface area (Å²) < 4.78 is 2.53. The summed E-state index contributed by atoms with van der Waals surface area (Å²) in [6, 6.07) is 69.5. The molecule has 0 aliphatic rings. The Hall–Kier alpha value is -7.16. The molecule has 0 aliphatic heterocycles. The van der Waals surface area contributed by atoms with Gasteiger partial charge in [-0.25, -0.2) is 0 Å². The standard InChI is InChI=1S/C68H66N2/c1-65(2,3)48-25-30-52(31-26-48)69(60-36-27-49(66(4,5)6)40-55(60)47-20-16-19-46(39-47)43-17-14-13-15-18-43)58-34-23-44-22-33-54-59(35-24-45-21-32-53(58)63(44)64(45)54)70-61-37-28-50(67(7,8)9)41-56(61)57-42-51(68(10,11)12)29-38-62(57)70/h13-42H,1-12H3. The first-order chi connectivity index (χ1) is 33.2. The third-order valence-electron chi connectivity index (χ3n) is 15.0. The van der Waals surface area contributed by atoms with Gasteiger partial charge in [-0.15, -0.1) is 0 Å². The van der Waals surface area contributed by atoms with Gasteiger partial charge in [0.05, 0.1) is 28.1 Å². The van der Waals surface area contributed by atoms with Crippen LogP contribution in [0.5, 0.6) is 0 Å². The summed E-state index contributed by atoms with van der Waals surface area (Å²) in [7, 11) is 0. The van der Waals surface area contributed by atoms with E-state index in [9.17, 15) is 0 Å². The van der Waals surface area contributed by atoms with Crippen molar-refractivity contribution in [2.24, 2.45) is 0 Å². The van der Waals surface area contributed by atoms with Crippen molar-refractivity contribution in [3.63, 3.8) is 0 Å². The molecule has 2 nitrogen and oxygen atoms in total. The highest BCUT2D eigenvalue weighted by atomic mass is 15.1. The Morgan fingerprint density at radius 3 is 1.40 bits per heavy atom. The Morgan fingerprint density at radius 2 is 0.800 bits per heavy atom. The monoisotopic (exact) mass is 911 g/mol. The zero-order valence-electron chi connectivity index (χ0n) is 43.2. The fourth-order valence-corrected chi connectivity index (χ4v) is 10.8. The van der Waals surface area contributed by atoms with E-state index in [1.54, 1.807) is 0 Å². The van der Waals surface area contributed by atoms with Gasteiger partial charge in [-0.2, -0.15) is 0 Å². The van der Waals surface area contributed by atoms with Crippen LogP contribution in [0.1, 0.15) is 105 Å². The van der Waals surface area contributed by atoms with Gasteiger partial charge in [0, 0.05) is 32.8 Å². The third-order valence-corrected chi connectivity index (χ3v) is 15.0. The number of rotatable bonds is 6. The topological polar surface area (TPSA) is 8.17 Å². The molecule has 0 fully saturated rings. The van der Waals surface area contributed by atoms with Crippen LogP contribution in [-0.2, 0) is 21.7 Å². The van der Waals surface area contributed by atoms with Gasteiger partial charge in [-0.3, -0.25) is 0 Å². The van der Waals surface area contributed by atoms with Gasteiger partial charge >= 0.3 is 0 Å². The SMILES string of the molecule is CC(C)(C)c1ccc(N(c2ccc(C(C)(C)C)cc2-c2cccc(-c3ccccc3)c2)c2ccc3ccc4c(-n5c6ccc(C(C)(C)C)cc6c6cc(C(C)(C)C)ccc65)ccc5ccc2c3c54)cc1. The van der Waals surface area contributed by atoms with Crippen molar-refractivity contribution >= 4 is 71.2 Å². The largest absolute Gasteiger partial charge is 0.309 e. The van der Waals surface area contributed by atoms with E-state index in [0.717, 1.165) is 17.1 Å². The molecule has 0 atom stereocenters. The van der Waals surface area contributed by atoms with Crippen molar-refractivity contribution in [3.05, 3.63) is 204 Å². The Labute approximate surface area is 415 Å². The lowest BCUT2D eigenvalue weighted by Gasteiger charge is -2.32. The minimum Gasteiger partial charge on any atom is -0.309 e. The highest BCUT2D eigenvalue weighted by molar-refractivity contribution is 6.27. The quantitative estimate of drug-likeness (QED) is 0.151. The summed E-state index contributed by atoms with van der Waals surface area (Å²) >= 11 is 0. The average molecular weight is 911 g/mol. The highest BCUT2D eigenvalue weighted by Crippen LogP contribution is 2.49. The van der Waals surface area contributed by atoms with Crippen LogP contribution >= 0.6 is 0 Å². The van der Waals surface area contributed by atoms with Gasteiger partial charge in [0.2, 0.25) is 0 Å². The molecule has 0 aliphatic carbocycles. The number of hydrogen-bond donors (Lipinski definition) is 0. The van der Waals surface area contributed by atoms with E-state index in [0.29, 0.717) is 0 Å². The van der Waals surface area contributed by atoms with Gasteiger partial charge < -0.3 is 9.47 Å². The van der Waals surface area contributed by atoms with Gasteiger partial charge in [0.25, 0.3) is 0 Å². The second-order valence-corrected chi connectivity index (χ2v) is 24.0. The first kappa shape index (κ1) is 45.3. The van der Waals surface area contributed by atoms with Crippen molar-refractivity contribution in [2.45, 2.75) is 105 Å². The van der Waals surface area contributed by atoms with Crippen LogP contribution < -0.4 is 4.90 Å². The fraction of sp³-hybridized carbons (Fsp3) is 0.235. The molecule has 0 spiro atoms. The normalized spacial score (nSPS) is 12.9. The molecule has 70 heavy (non-hydrogen) atoms. The Kier molecular flexibility index (Phi) is 10.5. The van der Waals surface area contributed by atoms with E-state index < -0.39 is 0 Å². The van der Waals surface area contributed by atoms with Gasteiger partial charge in [0.15, 0.2) is 0 Å². The summed E-state index contributed by atoms with van der Waals surface area (Å²) in [5, 5.41) is 10.1. The number of hydrogen-bond acceptors (Lipinski definition) is 1. The lowest BCUT2D eigenvalue weighted by atomic mass is 9.84. The van der Waals surface area contributed by atoms with Crippen LogP contribution in [0, 0.1) is 0 Å². The molecular formula is C68H66N2. The van der Waals surface area contributed by atoms with Gasteiger partial charge in [0.1, 0.15) is 0 Å². The van der Waals surface area contributed by atoms with E-state index in [4.69, 9.17) is 0 Å². The van der Waals surface area contributed by atoms with Crippen LogP contribution in [0.2, 0.25) is 0 Å². The van der Waals surface area contributed by atoms with Crippen molar-refractivity contribution in [3.8, 4) is 27.9 Å². The van der Waals surface area contributed by atoms with Crippen molar-refractivity contribution in [1.82, 2.24) is 4.57 Å². The average Bonchev–Trinajstić information content (AvgIpc) is 3.66. The first-order valence-electron chi connectivity index (χ1n) is 25.3. The molecule has 1 heterocycles. The fourth-order valence-electron chi connectivity index (χ4n) is 10.8. The number of nitrogens with zero attached hydrogens (tertiary/aromatic N) is 2. The minimum atomic E-state index is -0.0473. The number of fused-ring (bicyclic) bond motifs is 3. The molecule has 0 radical (unpaired) electrons. The number of anilines is 3. The van der Waals surface area contributed by atoms with E-state index >= 15 is 0 Å². The van der Waals surface area contributed by atoms with Crippen molar-refractivity contribution < 1.29 is 0 Å². The van der Waals surface area contributed by atoms with E-state index in [1.807, 2.05) is 0 Å². The maximum atomic E-state index is 2.53. The van der Waals surface area contributed by atoms with Gasteiger partial charge in [-0.1, -0.05) is 198 Å². The molecule has 0 unspecified atom stereocenters. The number of benzene rings is 10. The molecule has 11 rings (SSSR count). The lowest BCUT2D eigenvalue weighted by Crippen LogP contribution is -2.16. The molecule has 11 aromatic rings. The van der Waals surface area contributed by atoms with E-state index in [2.05, 4.69) is 275 Å². The maximum Gasteiger partial charge on any atom is 0.0541 e. The van der Waals surface area contributed by atoms with Gasteiger partial charge in [-0.05, 0) is 149 Å². The predicted molar refractivity (Wildman–Crippen MR) is 305 cm³/mol. The van der Waals surface area contributed by atoms with Crippen LogP contribution in [0.25, 0.3) is 82.1 Å². The van der Waals surface area contributed by atoms with Crippen LogP contribution in [-0.4, -0.2) is 4.57 Å². The molecule has 0 bridgehead atoms. The molecule has 0 N–H and O–H groups in total. The van der Waals surface area contributed by atoms with Crippen molar-refractivity contribution in [1.29, 1.82) is 0 Å². The molecule has 1 aromatic heterocycles. The Balaban J connectivity index is 1.18.